The summed E-state index contributed by atoms with van der Waals surface area (Å²) >= 11 is 0. The first-order chi connectivity index (χ1) is 9.75. The number of rotatable bonds is 2. The van der Waals surface area contributed by atoms with Crippen molar-refractivity contribution in [3.63, 3.8) is 0 Å². The topological polar surface area (TPSA) is 71.6 Å². The molecule has 2 saturated heterocycles. The third kappa shape index (κ3) is 2.62. The van der Waals surface area contributed by atoms with Crippen LogP contribution >= 0.6 is 0 Å². The highest BCUT2D eigenvalue weighted by molar-refractivity contribution is 5.93. The van der Waals surface area contributed by atoms with Crippen molar-refractivity contribution in [2.75, 3.05) is 26.3 Å². The molecule has 2 aliphatic heterocycles. The number of carbonyl (C=O) groups excluding carboxylic acids is 1. The van der Waals surface area contributed by atoms with Gasteiger partial charge in [-0.3, -0.25) is 9.59 Å². The molecule has 0 saturated carbocycles. The van der Waals surface area contributed by atoms with Crippen molar-refractivity contribution in [2.24, 2.45) is 5.92 Å². The maximum Gasteiger partial charge on any atom is 0.260 e. The van der Waals surface area contributed by atoms with Crippen LogP contribution in [0.1, 0.15) is 23.2 Å². The van der Waals surface area contributed by atoms with Crippen molar-refractivity contribution in [1.29, 1.82) is 0 Å². The van der Waals surface area contributed by atoms with Gasteiger partial charge in [0.1, 0.15) is 5.56 Å². The van der Waals surface area contributed by atoms with Gasteiger partial charge in [-0.25, -0.2) is 0 Å². The summed E-state index contributed by atoms with van der Waals surface area (Å²) in [5, 5.41) is 0. The zero-order valence-electron chi connectivity index (χ0n) is 11.2. The number of nitrogens with zero attached hydrogens (tertiary/aromatic N) is 1. The minimum absolute atomic E-state index is 0.118. The Bertz CT molecular complexity index is 528. The van der Waals surface area contributed by atoms with Crippen LogP contribution in [0.3, 0.4) is 0 Å². The summed E-state index contributed by atoms with van der Waals surface area (Å²) in [6, 6.07) is 3.23. The van der Waals surface area contributed by atoms with E-state index in [9.17, 15) is 9.59 Å². The van der Waals surface area contributed by atoms with Gasteiger partial charge in [-0.2, -0.15) is 0 Å². The Kier molecular flexibility index (Phi) is 3.84. The Morgan fingerprint density at radius 1 is 1.25 bits per heavy atom. The van der Waals surface area contributed by atoms with E-state index in [0.29, 0.717) is 32.2 Å². The summed E-state index contributed by atoms with van der Waals surface area (Å²) in [4.78, 5) is 28.2. The molecule has 1 aromatic rings. The van der Waals surface area contributed by atoms with Crippen LogP contribution in [0.5, 0.6) is 0 Å². The summed E-state index contributed by atoms with van der Waals surface area (Å²) in [5.74, 6) is 0.147. The van der Waals surface area contributed by atoms with Crippen molar-refractivity contribution in [3.05, 3.63) is 34.2 Å². The maximum absolute atomic E-state index is 12.3. The molecule has 108 valence electrons. The molecular formula is C14H18N2O4. The molecule has 1 aromatic heterocycles. The van der Waals surface area contributed by atoms with Crippen LogP contribution in [-0.2, 0) is 9.47 Å². The van der Waals surface area contributed by atoms with Crippen LogP contribution in [0.15, 0.2) is 23.1 Å². The van der Waals surface area contributed by atoms with Crippen LogP contribution in [0.2, 0.25) is 0 Å². The molecular weight excluding hydrogens is 260 g/mol. The number of carbonyl (C=O) groups is 1. The number of pyridine rings is 1. The second-order valence-corrected chi connectivity index (χ2v) is 5.15. The highest BCUT2D eigenvalue weighted by Gasteiger charge is 2.32. The van der Waals surface area contributed by atoms with Crippen molar-refractivity contribution in [3.8, 4) is 0 Å². The molecule has 2 fully saturated rings. The molecule has 0 unspecified atom stereocenters. The predicted molar refractivity (Wildman–Crippen MR) is 71.4 cm³/mol. The molecule has 6 nitrogen and oxygen atoms in total. The second kappa shape index (κ2) is 5.76. The molecule has 2 aliphatic rings. The van der Waals surface area contributed by atoms with E-state index in [4.69, 9.17) is 9.47 Å². The van der Waals surface area contributed by atoms with Gasteiger partial charge >= 0.3 is 0 Å². The molecule has 6 heteroatoms. The lowest BCUT2D eigenvalue weighted by Crippen LogP contribution is -2.42. The lowest BCUT2D eigenvalue weighted by atomic mass is 9.96. The number of amides is 1. The predicted octanol–water partition coefficient (Wildman–Crippen LogP) is 0.600. The zero-order valence-corrected chi connectivity index (χ0v) is 11.2. The Hall–Kier alpha value is -1.66. The molecule has 1 amide bonds. The number of likely N-dealkylation sites (tertiary alicyclic amines) is 1. The van der Waals surface area contributed by atoms with Crippen molar-refractivity contribution < 1.29 is 14.3 Å². The Balaban J connectivity index is 1.62. The third-order valence-corrected chi connectivity index (χ3v) is 3.91. The minimum Gasteiger partial charge on any atom is -0.350 e. The molecule has 3 heterocycles. The average molecular weight is 278 g/mol. The SMILES string of the molecule is O=C(c1ccc[nH]c1=O)N1CCC(C2OCCO2)CC1. The van der Waals surface area contributed by atoms with Gasteiger partial charge < -0.3 is 19.4 Å². The van der Waals surface area contributed by atoms with Crippen molar-refractivity contribution >= 4 is 5.91 Å². The smallest absolute Gasteiger partial charge is 0.260 e. The fourth-order valence-electron chi connectivity index (χ4n) is 2.78. The van der Waals surface area contributed by atoms with Gasteiger partial charge in [-0.05, 0) is 25.0 Å². The molecule has 0 atom stereocenters. The summed E-state index contributed by atoms with van der Waals surface area (Å²) in [6.07, 6.45) is 3.11. The minimum atomic E-state index is -0.331. The monoisotopic (exact) mass is 278 g/mol. The molecule has 0 aliphatic carbocycles. The van der Waals surface area contributed by atoms with E-state index in [1.54, 1.807) is 17.0 Å². The molecule has 1 N–H and O–H groups in total. The number of ether oxygens (including phenoxy) is 2. The maximum atomic E-state index is 12.3. The normalized spacial score (nSPS) is 21.3. The number of nitrogens with one attached hydrogen (secondary N) is 1. The number of hydrogen-bond acceptors (Lipinski definition) is 4. The van der Waals surface area contributed by atoms with E-state index in [1.165, 1.54) is 6.20 Å². The van der Waals surface area contributed by atoms with E-state index in [-0.39, 0.29) is 23.3 Å². The van der Waals surface area contributed by atoms with E-state index in [1.807, 2.05) is 0 Å². The molecule has 0 bridgehead atoms. The Morgan fingerprint density at radius 2 is 1.95 bits per heavy atom. The zero-order chi connectivity index (χ0) is 13.9. The Morgan fingerprint density at radius 3 is 2.60 bits per heavy atom. The first-order valence-corrected chi connectivity index (χ1v) is 6.96. The number of aromatic amines is 1. The standard InChI is InChI=1S/C14H18N2O4/c17-12-11(2-1-5-15-12)13(18)16-6-3-10(4-7-16)14-19-8-9-20-14/h1-2,5,10,14H,3-4,6-9H2,(H,15,17). The molecule has 0 spiro atoms. The number of piperidine rings is 1. The summed E-state index contributed by atoms with van der Waals surface area (Å²) in [5.41, 5.74) is -0.124. The average Bonchev–Trinajstić information content (AvgIpc) is 3.01. The number of aromatic nitrogens is 1. The van der Waals surface area contributed by atoms with E-state index < -0.39 is 0 Å². The van der Waals surface area contributed by atoms with Gasteiger partial charge in [0.2, 0.25) is 0 Å². The van der Waals surface area contributed by atoms with Crippen LogP contribution in [0, 0.1) is 5.92 Å². The molecule has 20 heavy (non-hydrogen) atoms. The first-order valence-electron chi connectivity index (χ1n) is 6.96. The van der Waals surface area contributed by atoms with Gasteiger partial charge in [-0.15, -0.1) is 0 Å². The second-order valence-electron chi connectivity index (χ2n) is 5.15. The van der Waals surface area contributed by atoms with Gasteiger partial charge in [0.25, 0.3) is 11.5 Å². The van der Waals surface area contributed by atoms with Crippen LogP contribution < -0.4 is 5.56 Å². The fraction of sp³-hybridized carbons (Fsp3) is 0.571. The van der Waals surface area contributed by atoms with E-state index in [2.05, 4.69) is 4.98 Å². The van der Waals surface area contributed by atoms with Gasteiger partial charge in [0.15, 0.2) is 6.29 Å². The fourth-order valence-corrected chi connectivity index (χ4v) is 2.78. The highest BCUT2D eigenvalue weighted by atomic mass is 16.7. The highest BCUT2D eigenvalue weighted by Crippen LogP contribution is 2.26. The van der Waals surface area contributed by atoms with Gasteiger partial charge in [0.05, 0.1) is 13.2 Å². The van der Waals surface area contributed by atoms with Gasteiger partial charge in [-0.1, -0.05) is 0 Å². The van der Waals surface area contributed by atoms with Crippen LogP contribution in [0.4, 0.5) is 0 Å². The van der Waals surface area contributed by atoms with Gasteiger partial charge in [0, 0.05) is 25.2 Å². The largest absolute Gasteiger partial charge is 0.350 e. The van der Waals surface area contributed by atoms with E-state index in [0.717, 1.165) is 12.8 Å². The van der Waals surface area contributed by atoms with E-state index >= 15 is 0 Å². The summed E-state index contributed by atoms with van der Waals surface area (Å²) in [7, 11) is 0. The third-order valence-electron chi connectivity index (χ3n) is 3.91. The molecule has 0 aromatic carbocycles. The number of hydrogen-bond donors (Lipinski definition) is 1. The molecule has 0 radical (unpaired) electrons. The quantitative estimate of drug-likeness (QED) is 0.860. The summed E-state index contributed by atoms with van der Waals surface area (Å²) in [6.45, 7) is 2.59. The lowest BCUT2D eigenvalue weighted by Gasteiger charge is -2.33. The lowest BCUT2D eigenvalue weighted by molar-refractivity contribution is -0.0956. The van der Waals surface area contributed by atoms with Crippen molar-refractivity contribution in [2.45, 2.75) is 19.1 Å². The van der Waals surface area contributed by atoms with Crippen LogP contribution in [0.25, 0.3) is 0 Å². The number of H-pyrrole nitrogens is 1. The Labute approximate surface area is 116 Å². The molecule has 3 rings (SSSR count). The van der Waals surface area contributed by atoms with Crippen molar-refractivity contribution in [1.82, 2.24) is 9.88 Å². The van der Waals surface area contributed by atoms with Crippen LogP contribution in [-0.4, -0.2) is 48.4 Å². The first kappa shape index (κ1) is 13.3. The summed E-state index contributed by atoms with van der Waals surface area (Å²) < 4.78 is 11.0.